The van der Waals surface area contributed by atoms with Crippen LogP contribution in [-0.4, -0.2) is 42.1 Å². The van der Waals surface area contributed by atoms with E-state index in [1.807, 2.05) is 0 Å². The Labute approximate surface area is 139 Å². The highest BCUT2D eigenvalue weighted by Crippen LogP contribution is 2.13. The average molecular weight is 330 g/mol. The van der Waals surface area contributed by atoms with E-state index in [0.717, 1.165) is 18.7 Å². The van der Waals surface area contributed by atoms with Crippen LogP contribution >= 0.6 is 11.6 Å². The van der Waals surface area contributed by atoms with Gasteiger partial charge in [-0.05, 0) is 24.3 Å². The molecule has 6 heteroatoms. The number of anilines is 1. The van der Waals surface area contributed by atoms with Gasteiger partial charge in [0.1, 0.15) is 0 Å². The predicted molar refractivity (Wildman–Crippen MR) is 89.9 cm³/mol. The summed E-state index contributed by atoms with van der Waals surface area (Å²) in [5.41, 5.74) is 1.33. The largest absolute Gasteiger partial charge is 0.378 e. The van der Waals surface area contributed by atoms with Crippen LogP contribution in [0, 0.1) is 0 Å². The highest BCUT2D eigenvalue weighted by molar-refractivity contribution is 6.31. The van der Waals surface area contributed by atoms with Crippen LogP contribution in [0.5, 0.6) is 0 Å². The Morgan fingerprint density at radius 2 is 1.96 bits per heavy atom. The lowest BCUT2D eigenvalue weighted by molar-refractivity contribution is 0.104. The van der Waals surface area contributed by atoms with Crippen LogP contribution in [0.1, 0.15) is 15.9 Å². The van der Waals surface area contributed by atoms with Crippen molar-refractivity contribution in [1.29, 1.82) is 0 Å². The standard InChI is InChI=1S/C17H16ClN3O2/c18-15-3-1-2-14(10-15)16(22)5-4-13-11-19-17(20-12-13)21-6-8-23-9-7-21/h1-5,10-12H,6-9H2. The number of halogens is 1. The van der Waals surface area contributed by atoms with Gasteiger partial charge in [-0.15, -0.1) is 0 Å². The molecule has 1 aromatic carbocycles. The van der Waals surface area contributed by atoms with Crippen molar-refractivity contribution >= 4 is 29.4 Å². The van der Waals surface area contributed by atoms with Gasteiger partial charge in [-0.25, -0.2) is 9.97 Å². The van der Waals surface area contributed by atoms with E-state index in [1.54, 1.807) is 42.7 Å². The third kappa shape index (κ3) is 4.15. The van der Waals surface area contributed by atoms with Gasteiger partial charge in [0.25, 0.3) is 0 Å². The van der Waals surface area contributed by atoms with Crippen molar-refractivity contribution in [3.63, 3.8) is 0 Å². The van der Waals surface area contributed by atoms with E-state index in [9.17, 15) is 4.79 Å². The first kappa shape index (κ1) is 15.6. The van der Waals surface area contributed by atoms with Gasteiger partial charge >= 0.3 is 0 Å². The molecule has 3 rings (SSSR count). The summed E-state index contributed by atoms with van der Waals surface area (Å²) in [6.45, 7) is 2.98. The van der Waals surface area contributed by atoms with E-state index >= 15 is 0 Å². The number of nitrogens with zero attached hydrogens (tertiary/aromatic N) is 3. The summed E-state index contributed by atoms with van der Waals surface area (Å²) in [7, 11) is 0. The van der Waals surface area contributed by atoms with E-state index in [1.165, 1.54) is 6.08 Å². The molecule has 0 amide bonds. The van der Waals surface area contributed by atoms with Crippen molar-refractivity contribution in [2.24, 2.45) is 0 Å². The molecular formula is C17H16ClN3O2. The van der Waals surface area contributed by atoms with Gasteiger partial charge in [0.05, 0.1) is 13.2 Å². The Balaban J connectivity index is 1.66. The lowest BCUT2D eigenvalue weighted by Gasteiger charge is -2.26. The minimum absolute atomic E-state index is 0.107. The Morgan fingerprint density at radius 1 is 1.22 bits per heavy atom. The molecule has 1 saturated heterocycles. The monoisotopic (exact) mass is 329 g/mol. The Kier molecular flexibility index (Phi) is 5.00. The minimum atomic E-state index is -0.107. The topological polar surface area (TPSA) is 55.3 Å². The first-order valence-corrected chi connectivity index (χ1v) is 7.73. The molecule has 118 valence electrons. The SMILES string of the molecule is O=C(C=Cc1cnc(N2CCOCC2)nc1)c1cccc(Cl)c1. The maximum Gasteiger partial charge on any atom is 0.225 e. The van der Waals surface area contributed by atoms with E-state index in [-0.39, 0.29) is 5.78 Å². The second-order valence-corrected chi connectivity index (χ2v) is 5.56. The van der Waals surface area contributed by atoms with E-state index in [0.29, 0.717) is 29.7 Å². The molecule has 1 aliphatic heterocycles. The fourth-order valence-electron chi connectivity index (χ4n) is 2.25. The zero-order chi connectivity index (χ0) is 16.1. The summed E-state index contributed by atoms with van der Waals surface area (Å²) < 4.78 is 5.30. The maximum absolute atomic E-state index is 12.1. The number of allylic oxidation sites excluding steroid dienone is 1. The first-order valence-electron chi connectivity index (χ1n) is 7.35. The molecule has 0 unspecified atom stereocenters. The number of carbonyl (C=O) groups is 1. The number of hydrogen-bond donors (Lipinski definition) is 0. The molecule has 1 aromatic heterocycles. The molecule has 0 aliphatic carbocycles. The fourth-order valence-corrected chi connectivity index (χ4v) is 2.44. The molecule has 1 aliphatic rings. The average Bonchev–Trinajstić information content (AvgIpc) is 2.61. The summed E-state index contributed by atoms with van der Waals surface area (Å²) in [6.07, 6.45) is 6.62. The van der Waals surface area contributed by atoms with Gasteiger partial charge in [-0.1, -0.05) is 23.7 Å². The number of ketones is 1. The number of benzene rings is 1. The predicted octanol–water partition coefficient (Wildman–Crippen LogP) is 2.86. The molecule has 2 heterocycles. The molecule has 0 N–H and O–H groups in total. The number of morpholine rings is 1. The molecule has 0 bridgehead atoms. The van der Waals surface area contributed by atoms with Gasteiger partial charge in [0.15, 0.2) is 5.78 Å². The van der Waals surface area contributed by atoms with Crippen LogP contribution in [-0.2, 0) is 4.74 Å². The van der Waals surface area contributed by atoms with Gasteiger partial charge in [0.2, 0.25) is 5.95 Å². The lowest BCUT2D eigenvalue weighted by atomic mass is 10.1. The Morgan fingerprint density at radius 3 is 2.65 bits per heavy atom. The van der Waals surface area contributed by atoms with Crippen molar-refractivity contribution in [1.82, 2.24) is 9.97 Å². The van der Waals surface area contributed by atoms with Crippen LogP contribution in [0.15, 0.2) is 42.7 Å². The van der Waals surface area contributed by atoms with Crippen molar-refractivity contribution < 1.29 is 9.53 Å². The van der Waals surface area contributed by atoms with Crippen molar-refractivity contribution in [2.45, 2.75) is 0 Å². The van der Waals surface area contributed by atoms with E-state index in [2.05, 4.69) is 14.9 Å². The zero-order valence-electron chi connectivity index (χ0n) is 12.5. The van der Waals surface area contributed by atoms with E-state index < -0.39 is 0 Å². The summed E-state index contributed by atoms with van der Waals surface area (Å²) in [5.74, 6) is 0.580. The molecular weight excluding hydrogens is 314 g/mol. The lowest BCUT2D eigenvalue weighted by Crippen LogP contribution is -2.37. The molecule has 2 aromatic rings. The summed E-state index contributed by atoms with van der Waals surface area (Å²) in [5, 5.41) is 0.544. The maximum atomic E-state index is 12.1. The van der Waals surface area contributed by atoms with Crippen LogP contribution < -0.4 is 4.90 Å². The second kappa shape index (κ2) is 7.35. The highest BCUT2D eigenvalue weighted by Gasteiger charge is 2.13. The Hall–Kier alpha value is -2.24. The molecule has 0 saturated carbocycles. The molecule has 5 nitrogen and oxygen atoms in total. The van der Waals surface area contributed by atoms with Crippen molar-refractivity contribution in [3.05, 3.63) is 58.9 Å². The normalized spacial score (nSPS) is 15.1. The van der Waals surface area contributed by atoms with Crippen LogP contribution in [0.4, 0.5) is 5.95 Å². The Bertz CT molecular complexity index is 710. The van der Waals surface area contributed by atoms with Gasteiger partial charge in [-0.2, -0.15) is 0 Å². The molecule has 23 heavy (non-hydrogen) atoms. The van der Waals surface area contributed by atoms with Crippen LogP contribution in [0.25, 0.3) is 6.08 Å². The number of aromatic nitrogens is 2. The smallest absolute Gasteiger partial charge is 0.225 e. The number of hydrogen-bond acceptors (Lipinski definition) is 5. The first-order chi connectivity index (χ1) is 11.2. The minimum Gasteiger partial charge on any atom is -0.378 e. The van der Waals surface area contributed by atoms with Gasteiger partial charge < -0.3 is 9.64 Å². The molecule has 0 atom stereocenters. The van der Waals surface area contributed by atoms with E-state index in [4.69, 9.17) is 16.3 Å². The zero-order valence-corrected chi connectivity index (χ0v) is 13.2. The quantitative estimate of drug-likeness (QED) is 0.637. The third-order valence-corrected chi connectivity index (χ3v) is 3.72. The van der Waals surface area contributed by atoms with Crippen LogP contribution in [0.2, 0.25) is 5.02 Å². The van der Waals surface area contributed by atoms with Crippen molar-refractivity contribution in [3.8, 4) is 0 Å². The summed E-state index contributed by atoms with van der Waals surface area (Å²) in [4.78, 5) is 22.8. The number of ether oxygens (including phenoxy) is 1. The number of carbonyl (C=O) groups excluding carboxylic acids is 1. The highest BCUT2D eigenvalue weighted by atomic mass is 35.5. The summed E-state index contributed by atoms with van der Waals surface area (Å²) in [6, 6.07) is 6.87. The number of rotatable bonds is 4. The summed E-state index contributed by atoms with van der Waals surface area (Å²) >= 11 is 5.89. The second-order valence-electron chi connectivity index (χ2n) is 5.12. The molecule has 0 spiro atoms. The van der Waals surface area contributed by atoms with Crippen molar-refractivity contribution in [2.75, 3.05) is 31.2 Å². The van der Waals surface area contributed by atoms with Gasteiger partial charge in [0, 0.05) is 41.6 Å². The fraction of sp³-hybridized carbons (Fsp3) is 0.235. The third-order valence-electron chi connectivity index (χ3n) is 3.49. The van der Waals surface area contributed by atoms with Crippen LogP contribution in [0.3, 0.4) is 0 Å². The van der Waals surface area contributed by atoms with Gasteiger partial charge in [-0.3, -0.25) is 4.79 Å². The molecule has 0 radical (unpaired) electrons. The molecule has 1 fully saturated rings.